The second kappa shape index (κ2) is 9.41. The van der Waals surface area contributed by atoms with Gasteiger partial charge in [0.25, 0.3) is 0 Å². The third kappa shape index (κ3) is 4.96. The standard InChI is InChI=1S/C24H25N3O3/c28-24(29)18-30-23-11-4-2-7-20(23)16-25-27-14-12-26(13-15-27)17-21-9-5-8-19-6-1-3-10-22(19)21/h1-11,16H,12-15,17-18H2,(H,28,29). The number of nitrogens with zero attached hydrogens (tertiary/aromatic N) is 2. The van der Waals surface area contributed by atoms with E-state index in [0.29, 0.717) is 5.75 Å². The Bertz CT molecular complexity index is 1040. The van der Waals surface area contributed by atoms with Crippen LogP contribution in [0.15, 0.2) is 71.8 Å². The Morgan fingerprint density at radius 3 is 2.60 bits per heavy atom. The predicted octanol–water partition coefficient (Wildman–Crippen LogP) is 0.703. The highest BCUT2D eigenvalue weighted by Gasteiger charge is 2.19. The first-order valence-electron chi connectivity index (χ1n) is 10.2. The summed E-state index contributed by atoms with van der Waals surface area (Å²) in [5.74, 6) is -0.752. The number of rotatable bonds is 7. The van der Waals surface area contributed by atoms with Gasteiger partial charge in [-0.25, -0.2) is 0 Å². The molecule has 1 N–H and O–H groups in total. The lowest BCUT2D eigenvalue weighted by Crippen LogP contribution is -3.13. The Morgan fingerprint density at radius 2 is 1.77 bits per heavy atom. The zero-order valence-corrected chi connectivity index (χ0v) is 16.8. The van der Waals surface area contributed by atoms with Crippen molar-refractivity contribution in [3.8, 4) is 5.75 Å². The quantitative estimate of drug-likeness (QED) is 0.590. The molecule has 0 bridgehead atoms. The van der Waals surface area contributed by atoms with Crippen LogP contribution in [-0.2, 0) is 11.3 Å². The molecule has 0 atom stereocenters. The van der Waals surface area contributed by atoms with E-state index in [4.69, 9.17) is 4.74 Å². The van der Waals surface area contributed by atoms with Crippen molar-refractivity contribution in [1.82, 2.24) is 5.01 Å². The molecule has 3 aromatic carbocycles. The molecule has 1 aliphatic heterocycles. The summed E-state index contributed by atoms with van der Waals surface area (Å²) in [7, 11) is 0. The fraction of sp³-hybridized carbons (Fsp3) is 0.250. The van der Waals surface area contributed by atoms with Gasteiger partial charge in [-0.3, -0.25) is 5.01 Å². The molecule has 1 aliphatic rings. The molecule has 30 heavy (non-hydrogen) atoms. The first kappa shape index (κ1) is 19.9. The van der Waals surface area contributed by atoms with Crippen LogP contribution in [0.2, 0.25) is 0 Å². The van der Waals surface area contributed by atoms with Crippen molar-refractivity contribution in [3.05, 3.63) is 77.9 Å². The molecular formula is C24H25N3O3. The van der Waals surface area contributed by atoms with E-state index >= 15 is 0 Å². The lowest BCUT2D eigenvalue weighted by molar-refractivity contribution is -0.918. The molecule has 154 valence electrons. The number of hydrazone groups is 1. The zero-order valence-electron chi connectivity index (χ0n) is 16.8. The molecule has 0 radical (unpaired) electrons. The van der Waals surface area contributed by atoms with Crippen LogP contribution in [0.5, 0.6) is 5.75 Å². The van der Waals surface area contributed by atoms with Gasteiger partial charge >= 0.3 is 0 Å². The summed E-state index contributed by atoms with van der Waals surface area (Å²) in [4.78, 5) is 12.2. The van der Waals surface area contributed by atoms with E-state index in [-0.39, 0.29) is 0 Å². The number of benzene rings is 3. The summed E-state index contributed by atoms with van der Waals surface area (Å²) >= 11 is 0. The summed E-state index contributed by atoms with van der Waals surface area (Å²) in [5, 5.41) is 19.9. The van der Waals surface area contributed by atoms with Crippen LogP contribution >= 0.6 is 0 Å². The van der Waals surface area contributed by atoms with Crippen LogP contribution in [0.3, 0.4) is 0 Å². The fourth-order valence-electron chi connectivity index (χ4n) is 3.82. The fourth-order valence-corrected chi connectivity index (χ4v) is 3.82. The molecule has 0 aromatic heterocycles. The van der Waals surface area contributed by atoms with Gasteiger partial charge in [0.15, 0.2) is 0 Å². The van der Waals surface area contributed by atoms with Gasteiger partial charge in [-0.15, -0.1) is 0 Å². The number of quaternary nitrogens is 1. The number of aliphatic carboxylic acids is 1. The Labute approximate surface area is 176 Å². The molecule has 3 aromatic rings. The van der Waals surface area contributed by atoms with Crippen LogP contribution in [-0.4, -0.2) is 50.0 Å². The molecule has 1 heterocycles. The third-order valence-electron chi connectivity index (χ3n) is 5.39. The van der Waals surface area contributed by atoms with E-state index in [1.165, 1.54) is 16.3 Å². The van der Waals surface area contributed by atoms with E-state index in [1.807, 2.05) is 12.1 Å². The number of carbonyl (C=O) groups excluding carboxylic acids is 1. The van der Waals surface area contributed by atoms with Gasteiger partial charge in [0, 0.05) is 11.1 Å². The van der Waals surface area contributed by atoms with E-state index in [0.717, 1.165) is 38.3 Å². The maximum atomic E-state index is 10.6. The number of piperazine rings is 1. The van der Waals surface area contributed by atoms with Gasteiger partial charge in [0.05, 0.1) is 38.4 Å². The minimum atomic E-state index is -1.24. The van der Waals surface area contributed by atoms with Crippen molar-refractivity contribution >= 4 is 23.0 Å². The second-order valence-electron chi connectivity index (χ2n) is 7.46. The van der Waals surface area contributed by atoms with Crippen LogP contribution < -0.4 is 14.7 Å². The number of carbonyl (C=O) groups is 1. The van der Waals surface area contributed by atoms with Crippen molar-refractivity contribution in [3.63, 3.8) is 0 Å². The van der Waals surface area contributed by atoms with E-state index in [1.54, 1.807) is 23.2 Å². The van der Waals surface area contributed by atoms with Crippen LogP contribution in [0, 0.1) is 0 Å². The Kier molecular flexibility index (Phi) is 6.25. The molecule has 1 saturated heterocycles. The number of para-hydroxylation sites is 1. The molecular weight excluding hydrogens is 378 g/mol. The SMILES string of the molecule is O=C([O-])COc1ccccc1C=NN1CC[NH+](Cc2cccc3ccccc23)CC1. The summed E-state index contributed by atoms with van der Waals surface area (Å²) < 4.78 is 5.28. The van der Waals surface area contributed by atoms with Gasteiger partial charge in [0.1, 0.15) is 18.9 Å². The second-order valence-corrected chi connectivity index (χ2v) is 7.46. The monoisotopic (exact) mass is 403 g/mol. The minimum absolute atomic E-state index is 0.471. The maximum Gasteiger partial charge on any atom is 0.128 e. The molecule has 6 nitrogen and oxygen atoms in total. The van der Waals surface area contributed by atoms with E-state index < -0.39 is 12.6 Å². The summed E-state index contributed by atoms with van der Waals surface area (Å²) in [6.45, 7) is 4.32. The molecule has 0 amide bonds. The topological polar surface area (TPSA) is 69.4 Å². The molecule has 0 saturated carbocycles. The number of fused-ring (bicyclic) bond motifs is 1. The first-order valence-corrected chi connectivity index (χ1v) is 10.2. The van der Waals surface area contributed by atoms with E-state index in [9.17, 15) is 9.90 Å². The summed E-state index contributed by atoms with van der Waals surface area (Å²) in [6, 6.07) is 22.3. The van der Waals surface area contributed by atoms with Gasteiger partial charge in [-0.05, 0) is 22.9 Å². The molecule has 0 aliphatic carbocycles. The average Bonchev–Trinajstić information content (AvgIpc) is 2.78. The molecule has 0 spiro atoms. The average molecular weight is 403 g/mol. The highest BCUT2D eigenvalue weighted by atomic mass is 16.5. The highest BCUT2D eigenvalue weighted by molar-refractivity contribution is 5.85. The zero-order chi connectivity index (χ0) is 20.8. The number of carboxylic acids is 1. The van der Waals surface area contributed by atoms with E-state index in [2.05, 4.69) is 52.6 Å². The Balaban J connectivity index is 1.34. The third-order valence-corrected chi connectivity index (χ3v) is 5.39. The van der Waals surface area contributed by atoms with Gasteiger partial charge in [-0.1, -0.05) is 54.6 Å². The largest absolute Gasteiger partial charge is 0.546 e. The number of carboxylic acid groups (broad SMARTS) is 1. The number of hydrogen-bond donors (Lipinski definition) is 1. The Morgan fingerprint density at radius 1 is 1.03 bits per heavy atom. The number of ether oxygens (including phenoxy) is 1. The predicted molar refractivity (Wildman–Crippen MR) is 114 cm³/mol. The number of hydrogen-bond acceptors (Lipinski definition) is 5. The smallest absolute Gasteiger partial charge is 0.128 e. The van der Waals surface area contributed by atoms with Gasteiger partial charge < -0.3 is 19.5 Å². The minimum Gasteiger partial charge on any atom is -0.546 e. The van der Waals surface area contributed by atoms with Gasteiger partial charge in [-0.2, -0.15) is 5.10 Å². The van der Waals surface area contributed by atoms with Crippen molar-refractivity contribution in [1.29, 1.82) is 0 Å². The highest BCUT2D eigenvalue weighted by Crippen LogP contribution is 2.18. The van der Waals surface area contributed by atoms with Crippen molar-refractivity contribution in [2.24, 2.45) is 5.10 Å². The van der Waals surface area contributed by atoms with Crippen LogP contribution in [0.1, 0.15) is 11.1 Å². The van der Waals surface area contributed by atoms with Crippen LogP contribution in [0.4, 0.5) is 0 Å². The van der Waals surface area contributed by atoms with Crippen LogP contribution in [0.25, 0.3) is 10.8 Å². The van der Waals surface area contributed by atoms with Crippen molar-refractivity contribution in [2.75, 3.05) is 32.8 Å². The van der Waals surface area contributed by atoms with Crippen molar-refractivity contribution in [2.45, 2.75) is 6.54 Å². The summed E-state index contributed by atoms with van der Waals surface area (Å²) in [5.41, 5.74) is 2.14. The normalized spacial score (nSPS) is 15.0. The molecule has 0 unspecified atom stereocenters. The lowest BCUT2D eigenvalue weighted by Gasteiger charge is -2.30. The first-order chi connectivity index (χ1) is 14.7. The maximum absolute atomic E-state index is 10.6. The van der Waals surface area contributed by atoms with Gasteiger partial charge in [0.2, 0.25) is 0 Å². The summed E-state index contributed by atoms with van der Waals surface area (Å²) in [6.07, 6.45) is 1.74. The molecule has 1 fully saturated rings. The van der Waals surface area contributed by atoms with Crippen molar-refractivity contribution < 1.29 is 19.5 Å². The number of nitrogens with one attached hydrogen (secondary N) is 1. The molecule has 6 heteroatoms. The Hall–Kier alpha value is -3.38. The lowest BCUT2D eigenvalue weighted by atomic mass is 10.0. The molecule has 4 rings (SSSR count).